The minimum absolute atomic E-state index is 0.0288. The van der Waals surface area contributed by atoms with E-state index in [0.717, 1.165) is 51.4 Å². The number of ether oxygens (including phenoxy) is 2. The zero-order valence-corrected chi connectivity index (χ0v) is 24.0. The Labute approximate surface area is 233 Å². The van der Waals surface area contributed by atoms with Crippen molar-refractivity contribution in [1.29, 1.82) is 0 Å². The van der Waals surface area contributed by atoms with Crippen molar-refractivity contribution >= 4 is 11.7 Å². The summed E-state index contributed by atoms with van der Waals surface area (Å²) >= 11 is 0. The standard InChI is InChI=1S/C29H51NO9/c1-19(23(32)22-24(33)20(2)30(3)28(22)37)16-14-12-10-8-6-4-5-7-9-11-13-15-17-38-29-27(36)26(35)25(34)21(18-31)39-29/h19-21,25-27,29,31-32,34-36H,4-18H2,1-3H3/b23-22+/t19-,20-,21+,25+,26-,27-,29+/m0/s1. The molecule has 0 aromatic heterocycles. The summed E-state index contributed by atoms with van der Waals surface area (Å²) in [6.45, 7) is 3.48. The predicted octanol–water partition coefficient (Wildman–Crippen LogP) is 2.75. The average Bonchev–Trinajstić information content (AvgIpc) is 3.12. The molecule has 0 bridgehead atoms. The Balaban J connectivity index is 1.41. The van der Waals surface area contributed by atoms with Gasteiger partial charge in [-0.15, -0.1) is 0 Å². The van der Waals surface area contributed by atoms with Crippen LogP contribution in [0.25, 0.3) is 0 Å². The molecule has 39 heavy (non-hydrogen) atoms. The molecule has 0 aliphatic carbocycles. The third kappa shape index (κ3) is 9.79. The number of hydrogen-bond donors (Lipinski definition) is 5. The van der Waals surface area contributed by atoms with Crippen LogP contribution in [0.4, 0.5) is 0 Å². The average molecular weight is 558 g/mol. The molecule has 2 aliphatic heterocycles. The molecule has 0 saturated carbocycles. The van der Waals surface area contributed by atoms with Gasteiger partial charge in [0.2, 0.25) is 0 Å². The quantitative estimate of drug-likeness (QED) is 0.0740. The van der Waals surface area contributed by atoms with Crippen molar-refractivity contribution in [1.82, 2.24) is 4.90 Å². The number of ketones is 1. The van der Waals surface area contributed by atoms with Crippen molar-refractivity contribution in [2.24, 2.45) is 5.92 Å². The number of rotatable bonds is 18. The minimum atomic E-state index is -1.41. The van der Waals surface area contributed by atoms with Crippen LogP contribution in [0, 0.1) is 5.92 Å². The van der Waals surface area contributed by atoms with E-state index in [1.165, 1.54) is 37.0 Å². The van der Waals surface area contributed by atoms with Gasteiger partial charge in [0, 0.05) is 19.6 Å². The number of allylic oxidation sites excluding steroid dienone is 1. The zero-order chi connectivity index (χ0) is 28.9. The van der Waals surface area contributed by atoms with Crippen LogP contribution in [-0.4, -0.2) is 99.1 Å². The van der Waals surface area contributed by atoms with Gasteiger partial charge in [-0.2, -0.15) is 0 Å². The molecular weight excluding hydrogens is 506 g/mol. The minimum Gasteiger partial charge on any atom is -0.511 e. The molecule has 2 rings (SSSR count). The highest BCUT2D eigenvalue weighted by atomic mass is 16.7. The van der Waals surface area contributed by atoms with Gasteiger partial charge >= 0.3 is 0 Å². The number of likely N-dealkylation sites (tertiary alicyclic amines) is 1. The maximum absolute atomic E-state index is 12.3. The number of carbonyl (C=O) groups is 2. The molecule has 0 unspecified atom stereocenters. The second-order valence-corrected chi connectivity index (χ2v) is 11.2. The Morgan fingerprint density at radius 3 is 1.87 bits per heavy atom. The van der Waals surface area contributed by atoms with Gasteiger partial charge in [-0.3, -0.25) is 9.59 Å². The molecule has 0 aromatic rings. The first kappa shape index (κ1) is 33.6. The van der Waals surface area contributed by atoms with Gasteiger partial charge in [0.25, 0.3) is 5.91 Å². The number of aliphatic hydroxyl groups excluding tert-OH is 5. The number of Topliss-reactive ketones (excluding diaryl/α,β-unsaturated/α-hetero) is 1. The van der Waals surface area contributed by atoms with Crippen molar-refractivity contribution in [3.63, 3.8) is 0 Å². The van der Waals surface area contributed by atoms with Crippen LogP contribution >= 0.6 is 0 Å². The van der Waals surface area contributed by atoms with E-state index >= 15 is 0 Å². The lowest BCUT2D eigenvalue weighted by molar-refractivity contribution is -0.301. The molecule has 10 nitrogen and oxygen atoms in total. The number of hydrogen-bond acceptors (Lipinski definition) is 9. The number of unbranched alkanes of at least 4 members (excludes halogenated alkanes) is 11. The van der Waals surface area contributed by atoms with E-state index in [-0.39, 0.29) is 28.9 Å². The third-order valence-corrected chi connectivity index (χ3v) is 8.13. The van der Waals surface area contributed by atoms with E-state index in [2.05, 4.69) is 0 Å². The van der Waals surface area contributed by atoms with Crippen molar-refractivity contribution in [3.8, 4) is 0 Å². The molecular formula is C29H51NO9. The Hall–Kier alpha value is -1.56. The molecule has 0 spiro atoms. The SMILES string of the molecule is C[C@@H](CCCCCCCCCCCCCCO[C@@H]1O[C@H](CO)[C@@H](O)[C@H](O)[C@@H]1O)/C(O)=C1/C(=O)[C@H](C)N(C)C1=O. The van der Waals surface area contributed by atoms with Gasteiger partial charge < -0.3 is 39.9 Å². The first-order valence-corrected chi connectivity index (χ1v) is 14.8. The van der Waals surface area contributed by atoms with Gasteiger partial charge in [0.15, 0.2) is 12.1 Å². The van der Waals surface area contributed by atoms with Crippen LogP contribution in [0.15, 0.2) is 11.3 Å². The molecule has 2 fully saturated rings. The molecule has 10 heteroatoms. The van der Waals surface area contributed by atoms with Gasteiger partial charge in [-0.1, -0.05) is 77.6 Å². The fraction of sp³-hybridized carbons (Fsp3) is 0.862. The topological polar surface area (TPSA) is 157 Å². The van der Waals surface area contributed by atoms with Crippen LogP contribution in [0.2, 0.25) is 0 Å². The lowest BCUT2D eigenvalue weighted by Gasteiger charge is -2.39. The van der Waals surface area contributed by atoms with Gasteiger partial charge in [-0.25, -0.2) is 0 Å². The summed E-state index contributed by atoms with van der Waals surface area (Å²) < 4.78 is 10.8. The molecule has 0 aromatic carbocycles. The van der Waals surface area contributed by atoms with Crippen molar-refractivity contribution in [2.75, 3.05) is 20.3 Å². The Kier molecular flexibility index (Phi) is 14.9. The van der Waals surface area contributed by atoms with E-state index < -0.39 is 43.4 Å². The van der Waals surface area contributed by atoms with E-state index in [0.29, 0.717) is 6.61 Å². The lowest BCUT2D eigenvalue weighted by Crippen LogP contribution is -2.59. The second kappa shape index (κ2) is 17.3. The number of nitrogens with zero attached hydrogens (tertiary/aromatic N) is 1. The Morgan fingerprint density at radius 2 is 1.38 bits per heavy atom. The highest BCUT2D eigenvalue weighted by Crippen LogP contribution is 2.27. The number of likely N-dealkylation sites (N-methyl/N-ethyl adjacent to an activating group) is 1. The largest absolute Gasteiger partial charge is 0.511 e. The molecule has 2 heterocycles. The summed E-state index contributed by atoms with van der Waals surface area (Å²) in [5.41, 5.74) is -0.0288. The Bertz CT molecular complexity index is 765. The maximum Gasteiger partial charge on any atom is 0.261 e. The molecule has 5 N–H and O–H groups in total. The molecule has 0 radical (unpaired) electrons. The maximum atomic E-state index is 12.3. The fourth-order valence-electron chi connectivity index (χ4n) is 5.19. The van der Waals surface area contributed by atoms with Crippen molar-refractivity contribution in [2.45, 2.75) is 134 Å². The normalized spacial score (nSPS) is 29.8. The smallest absolute Gasteiger partial charge is 0.261 e. The number of aliphatic hydroxyl groups is 5. The van der Waals surface area contributed by atoms with Crippen molar-refractivity contribution in [3.05, 3.63) is 11.3 Å². The highest BCUT2D eigenvalue weighted by Gasteiger charge is 2.44. The molecule has 226 valence electrons. The van der Waals surface area contributed by atoms with Gasteiger partial charge in [0.1, 0.15) is 35.7 Å². The number of amides is 1. The fourth-order valence-corrected chi connectivity index (χ4v) is 5.19. The van der Waals surface area contributed by atoms with Gasteiger partial charge in [0.05, 0.1) is 12.6 Å². The summed E-state index contributed by atoms with van der Waals surface area (Å²) in [5.74, 6) is -0.904. The first-order valence-electron chi connectivity index (χ1n) is 14.8. The third-order valence-electron chi connectivity index (χ3n) is 8.13. The summed E-state index contributed by atoms with van der Waals surface area (Å²) in [6.07, 6.45) is 7.97. The monoisotopic (exact) mass is 557 g/mol. The predicted molar refractivity (Wildman–Crippen MR) is 146 cm³/mol. The van der Waals surface area contributed by atoms with Crippen LogP contribution < -0.4 is 0 Å². The van der Waals surface area contributed by atoms with E-state index in [1.807, 2.05) is 6.92 Å². The molecule has 1 amide bonds. The van der Waals surface area contributed by atoms with Gasteiger partial charge in [-0.05, 0) is 19.8 Å². The van der Waals surface area contributed by atoms with Crippen LogP contribution in [0.5, 0.6) is 0 Å². The van der Waals surface area contributed by atoms with E-state index in [1.54, 1.807) is 14.0 Å². The van der Waals surface area contributed by atoms with Crippen LogP contribution in [0.3, 0.4) is 0 Å². The van der Waals surface area contributed by atoms with Crippen molar-refractivity contribution < 1.29 is 44.6 Å². The summed E-state index contributed by atoms with van der Waals surface area (Å²) in [7, 11) is 1.59. The summed E-state index contributed by atoms with van der Waals surface area (Å²) in [6, 6.07) is -0.505. The molecule has 2 saturated heterocycles. The summed E-state index contributed by atoms with van der Waals surface area (Å²) in [5, 5.41) is 49.2. The van der Waals surface area contributed by atoms with Crippen LogP contribution in [0.1, 0.15) is 97.3 Å². The molecule has 7 atom stereocenters. The lowest BCUT2D eigenvalue weighted by atomic mass is 9.95. The first-order chi connectivity index (χ1) is 18.6. The summed E-state index contributed by atoms with van der Waals surface area (Å²) in [4.78, 5) is 25.9. The Morgan fingerprint density at radius 1 is 0.872 bits per heavy atom. The highest BCUT2D eigenvalue weighted by molar-refractivity contribution is 6.26. The zero-order valence-electron chi connectivity index (χ0n) is 24.0. The molecule has 2 aliphatic rings. The van der Waals surface area contributed by atoms with E-state index in [9.17, 15) is 35.1 Å². The number of carbonyl (C=O) groups excluding carboxylic acids is 2. The van der Waals surface area contributed by atoms with E-state index in [4.69, 9.17) is 9.47 Å². The second-order valence-electron chi connectivity index (χ2n) is 11.2. The van der Waals surface area contributed by atoms with Crippen LogP contribution in [-0.2, 0) is 19.1 Å².